The third kappa shape index (κ3) is 3.73. The number of nitrogens with zero attached hydrogens (tertiary/aromatic N) is 1. The lowest BCUT2D eigenvalue weighted by molar-refractivity contribution is -0.131. The number of likely N-dealkylation sites (tertiary alicyclic amines) is 1. The van der Waals surface area contributed by atoms with Crippen LogP contribution in [0, 0.1) is 0 Å². The molecule has 1 aliphatic carbocycles. The summed E-state index contributed by atoms with van der Waals surface area (Å²) in [5, 5.41) is 0. The first-order valence-corrected chi connectivity index (χ1v) is 10.3. The standard InChI is InChI=1S/C24H29NO3/c1-27-20-11-12-21(23(16-20)28-2)22-8-5-13-25(22)24(26)15-17-9-10-18-6-3-4-7-19(18)14-17/h9-12,14,16,22H,3-8,13,15H2,1-2H3. The minimum absolute atomic E-state index is 0.0750. The lowest BCUT2D eigenvalue weighted by Gasteiger charge is -2.27. The summed E-state index contributed by atoms with van der Waals surface area (Å²) >= 11 is 0. The van der Waals surface area contributed by atoms with E-state index in [0.717, 1.165) is 48.4 Å². The zero-order chi connectivity index (χ0) is 19.5. The van der Waals surface area contributed by atoms with Crippen molar-refractivity contribution in [3.8, 4) is 11.5 Å². The number of carbonyl (C=O) groups is 1. The molecule has 4 rings (SSSR count). The SMILES string of the molecule is COc1ccc(C2CCCN2C(=O)Cc2ccc3c(c2)CCCC3)c(OC)c1. The Hall–Kier alpha value is -2.49. The van der Waals surface area contributed by atoms with Gasteiger partial charge in [-0.25, -0.2) is 0 Å². The topological polar surface area (TPSA) is 38.8 Å². The fourth-order valence-electron chi connectivity index (χ4n) is 4.66. The molecule has 1 atom stereocenters. The Morgan fingerprint density at radius 3 is 2.61 bits per heavy atom. The number of amides is 1. The van der Waals surface area contributed by atoms with Gasteiger partial charge in [-0.1, -0.05) is 18.2 Å². The molecule has 0 aromatic heterocycles. The van der Waals surface area contributed by atoms with Crippen LogP contribution in [-0.2, 0) is 24.1 Å². The van der Waals surface area contributed by atoms with E-state index in [1.165, 1.54) is 30.4 Å². The molecule has 1 fully saturated rings. The summed E-state index contributed by atoms with van der Waals surface area (Å²) in [6, 6.07) is 12.6. The number of ether oxygens (including phenoxy) is 2. The Labute approximate surface area is 167 Å². The third-order valence-electron chi connectivity index (χ3n) is 6.14. The summed E-state index contributed by atoms with van der Waals surface area (Å²) in [5.74, 6) is 1.76. The van der Waals surface area contributed by atoms with E-state index < -0.39 is 0 Å². The molecule has 0 bridgehead atoms. The van der Waals surface area contributed by atoms with Crippen molar-refractivity contribution in [2.75, 3.05) is 20.8 Å². The minimum atomic E-state index is 0.0750. The lowest BCUT2D eigenvalue weighted by Crippen LogP contribution is -2.32. The van der Waals surface area contributed by atoms with Gasteiger partial charge in [0.1, 0.15) is 11.5 Å². The Balaban J connectivity index is 1.53. The van der Waals surface area contributed by atoms with Gasteiger partial charge in [0.2, 0.25) is 5.91 Å². The maximum absolute atomic E-state index is 13.1. The largest absolute Gasteiger partial charge is 0.497 e. The van der Waals surface area contributed by atoms with Gasteiger partial charge in [-0.3, -0.25) is 4.79 Å². The molecule has 2 aliphatic rings. The molecule has 1 saturated heterocycles. The predicted octanol–water partition coefficient (Wildman–Crippen LogP) is 4.49. The van der Waals surface area contributed by atoms with E-state index >= 15 is 0 Å². The summed E-state index contributed by atoms with van der Waals surface area (Å²) in [6.45, 7) is 0.809. The fourth-order valence-corrected chi connectivity index (χ4v) is 4.66. The molecule has 0 spiro atoms. The van der Waals surface area contributed by atoms with Crippen LogP contribution in [0.1, 0.15) is 54.0 Å². The number of rotatable bonds is 5. The summed E-state index contributed by atoms with van der Waals surface area (Å²) in [7, 11) is 3.32. The van der Waals surface area contributed by atoms with Gasteiger partial charge in [-0.2, -0.15) is 0 Å². The second-order valence-corrected chi connectivity index (χ2v) is 7.84. The number of aryl methyl sites for hydroxylation is 2. The third-order valence-corrected chi connectivity index (χ3v) is 6.14. The van der Waals surface area contributed by atoms with E-state index in [9.17, 15) is 4.79 Å². The minimum Gasteiger partial charge on any atom is -0.497 e. The van der Waals surface area contributed by atoms with E-state index in [4.69, 9.17) is 9.47 Å². The van der Waals surface area contributed by atoms with Crippen LogP contribution in [-0.4, -0.2) is 31.6 Å². The zero-order valence-electron chi connectivity index (χ0n) is 16.9. The van der Waals surface area contributed by atoms with Crippen molar-refractivity contribution in [3.05, 3.63) is 58.7 Å². The van der Waals surface area contributed by atoms with Crippen LogP contribution in [0.2, 0.25) is 0 Å². The molecular formula is C24H29NO3. The van der Waals surface area contributed by atoms with Crippen molar-refractivity contribution in [1.82, 2.24) is 4.90 Å². The highest BCUT2D eigenvalue weighted by Gasteiger charge is 2.32. The van der Waals surface area contributed by atoms with Crippen LogP contribution in [0.15, 0.2) is 36.4 Å². The first-order chi connectivity index (χ1) is 13.7. The molecule has 1 amide bonds. The monoisotopic (exact) mass is 379 g/mol. The number of hydrogen-bond acceptors (Lipinski definition) is 3. The van der Waals surface area contributed by atoms with Gasteiger partial charge in [0.25, 0.3) is 0 Å². The van der Waals surface area contributed by atoms with E-state index in [0.29, 0.717) is 6.42 Å². The molecule has 2 aromatic rings. The number of benzene rings is 2. The maximum Gasteiger partial charge on any atom is 0.227 e. The van der Waals surface area contributed by atoms with E-state index in [-0.39, 0.29) is 11.9 Å². The number of fused-ring (bicyclic) bond motifs is 1. The van der Waals surface area contributed by atoms with E-state index in [1.54, 1.807) is 14.2 Å². The fraction of sp³-hybridized carbons (Fsp3) is 0.458. The summed E-state index contributed by atoms with van der Waals surface area (Å²) in [6.07, 6.45) is 7.33. The first-order valence-electron chi connectivity index (χ1n) is 10.3. The highest BCUT2D eigenvalue weighted by molar-refractivity contribution is 5.80. The maximum atomic E-state index is 13.1. The molecule has 1 heterocycles. The van der Waals surface area contributed by atoms with Crippen molar-refractivity contribution in [2.45, 2.75) is 51.0 Å². The van der Waals surface area contributed by atoms with Gasteiger partial charge in [-0.15, -0.1) is 0 Å². The van der Waals surface area contributed by atoms with Gasteiger partial charge < -0.3 is 14.4 Å². The first kappa shape index (κ1) is 18.9. The molecule has 0 radical (unpaired) electrons. The summed E-state index contributed by atoms with van der Waals surface area (Å²) < 4.78 is 10.9. The molecule has 4 heteroatoms. The number of carbonyl (C=O) groups excluding carboxylic acids is 1. The van der Waals surface area contributed by atoms with Gasteiger partial charge >= 0.3 is 0 Å². The van der Waals surface area contributed by atoms with Crippen LogP contribution >= 0.6 is 0 Å². The molecule has 0 N–H and O–H groups in total. The molecule has 1 unspecified atom stereocenters. The van der Waals surface area contributed by atoms with Crippen molar-refractivity contribution in [1.29, 1.82) is 0 Å². The Morgan fingerprint density at radius 1 is 1.00 bits per heavy atom. The second kappa shape index (κ2) is 8.26. The van der Waals surface area contributed by atoms with Gasteiger partial charge in [-0.05, 0) is 67.3 Å². The van der Waals surface area contributed by atoms with Gasteiger partial charge in [0, 0.05) is 18.2 Å². The highest BCUT2D eigenvalue weighted by atomic mass is 16.5. The number of hydrogen-bond donors (Lipinski definition) is 0. The Bertz CT molecular complexity index is 861. The molecule has 148 valence electrons. The Morgan fingerprint density at radius 2 is 1.82 bits per heavy atom. The van der Waals surface area contributed by atoms with E-state index in [2.05, 4.69) is 18.2 Å². The molecular weight excluding hydrogens is 350 g/mol. The summed E-state index contributed by atoms with van der Waals surface area (Å²) in [5.41, 5.74) is 5.10. The van der Waals surface area contributed by atoms with Crippen LogP contribution in [0.4, 0.5) is 0 Å². The van der Waals surface area contributed by atoms with Crippen molar-refractivity contribution < 1.29 is 14.3 Å². The van der Waals surface area contributed by atoms with Crippen molar-refractivity contribution >= 4 is 5.91 Å². The molecule has 0 saturated carbocycles. The highest BCUT2D eigenvalue weighted by Crippen LogP contribution is 2.39. The van der Waals surface area contributed by atoms with Crippen molar-refractivity contribution in [3.63, 3.8) is 0 Å². The normalized spacial score (nSPS) is 18.6. The molecule has 2 aromatic carbocycles. The quantitative estimate of drug-likeness (QED) is 0.768. The second-order valence-electron chi connectivity index (χ2n) is 7.84. The number of methoxy groups -OCH3 is 2. The van der Waals surface area contributed by atoms with E-state index in [1.807, 2.05) is 23.1 Å². The van der Waals surface area contributed by atoms with Crippen LogP contribution in [0.3, 0.4) is 0 Å². The van der Waals surface area contributed by atoms with Crippen LogP contribution in [0.25, 0.3) is 0 Å². The smallest absolute Gasteiger partial charge is 0.227 e. The predicted molar refractivity (Wildman–Crippen MR) is 110 cm³/mol. The molecule has 28 heavy (non-hydrogen) atoms. The zero-order valence-corrected chi connectivity index (χ0v) is 16.9. The van der Waals surface area contributed by atoms with Crippen molar-refractivity contribution in [2.24, 2.45) is 0 Å². The average Bonchev–Trinajstić information content (AvgIpc) is 3.23. The van der Waals surface area contributed by atoms with Gasteiger partial charge in [0.05, 0.1) is 26.7 Å². The molecule has 4 nitrogen and oxygen atoms in total. The molecule has 1 aliphatic heterocycles. The van der Waals surface area contributed by atoms with Gasteiger partial charge in [0.15, 0.2) is 0 Å². The summed E-state index contributed by atoms with van der Waals surface area (Å²) in [4.78, 5) is 15.2. The lowest BCUT2D eigenvalue weighted by atomic mass is 9.90. The van der Waals surface area contributed by atoms with Crippen LogP contribution < -0.4 is 9.47 Å². The Kier molecular flexibility index (Phi) is 5.56. The average molecular weight is 380 g/mol. The van der Waals surface area contributed by atoms with Crippen LogP contribution in [0.5, 0.6) is 11.5 Å².